The second-order valence-corrected chi connectivity index (χ2v) is 12.2. The Hall–Kier alpha value is -0.660. The minimum Gasteiger partial charge on any atom is -0.356 e. The highest BCUT2D eigenvalue weighted by molar-refractivity contribution is 4.97. The van der Waals surface area contributed by atoms with Crippen LogP contribution in [0.1, 0.15) is 194 Å². The van der Waals surface area contributed by atoms with Crippen LogP contribution in [0, 0.1) is 0 Å². The van der Waals surface area contributed by atoms with Crippen LogP contribution in [0.25, 0.3) is 0 Å². The Morgan fingerprint density at radius 2 is 0.622 bits per heavy atom. The van der Waals surface area contributed by atoms with E-state index in [1.54, 1.807) is 0 Å². The van der Waals surface area contributed by atoms with Crippen molar-refractivity contribution in [3.63, 3.8) is 0 Å². The molecule has 220 valence electrons. The summed E-state index contributed by atoms with van der Waals surface area (Å²) in [4.78, 5) is 5.38. The van der Waals surface area contributed by atoms with Gasteiger partial charge in [-0.15, -0.1) is 0 Å². The molecule has 1 unspecified atom stereocenters. The normalized spacial score (nSPS) is 15.4. The van der Waals surface area contributed by atoms with Crippen molar-refractivity contribution in [2.45, 2.75) is 200 Å². The largest absolute Gasteiger partial charge is 0.356 e. The van der Waals surface area contributed by atoms with Crippen molar-refractivity contribution < 1.29 is 0 Å². The number of rotatable bonds is 29. The smallest absolute Gasteiger partial charge is 0.101 e. The minimum absolute atomic E-state index is 0.642. The van der Waals surface area contributed by atoms with Crippen molar-refractivity contribution >= 4 is 0 Å². The monoisotopic (exact) mass is 519 g/mol. The highest BCUT2D eigenvalue weighted by atomic mass is 15.4. The average molecular weight is 519 g/mol. The molecule has 0 radical (unpaired) electrons. The molecule has 1 atom stereocenters. The Morgan fingerprint density at radius 3 is 0.946 bits per heavy atom. The van der Waals surface area contributed by atoms with Crippen molar-refractivity contribution in [3.05, 3.63) is 12.4 Å². The summed E-state index contributed by atoms with van der Waals surface area (Å²) in [5.41, 5.74) is 0. The van der Waals surface area contributed by atoms with E-state index in [2.05, 4.69) is 43.0 Å². The van der Waals surface area contributed by atoms with E-state index in [1.807, 2.05) is 0 Å². The van der Waals surface area contributed by atoms with Gasteiger partial charge in [-0.1, -0.05) is 168 Å². The molecule has 1 aliphatic rings. The van der Waals surface area contributed by atoms with E-state index in [4.69, 9.17) is 0 Å². The SMILES string of the molecule is CCCCCCCCCCCCCCCN1C=CN(CCCCCCCCCCC)C1CCCCCC. The van der Waals surface area contributed by atoms with Crippen LogP contribution in [0.3, 0.4) is 0 Å². The summed E-state index contributed by atoms with van der Waals surface area (Å²) in [6, 6.07) is 0. The molecule has 0 bridgehead atoms. The zero-order valence-corrected chi connectivity index (χ0v) is 26.1. The van der Waals surface area contributed by atoms with Crippen molar-refractivity contribution in [1.82, 2.24) is 9.80 Å². The maximum Gasteiger partial charge on any atom is 0.101 e. The van der Waals surface area contributed by atoms with Crippen LogP contribution in [0.2, 0.25) is 0 Å². The molecule has 1 rings (SSSR count). The molecule has 1 heterocycles. The van der Waals surface area contributed by atoms with Crippen LogP contribution < -0.4 is 0 Å². The lowest BCUT2D eigenvalue weighted by atomic mass is 10.0. The second-order valence-electron chi connectivity index (χ2n) is 12.2. The topological polar surface area (TPSA) is 6.48 Å². The number of hydrogen-bond donors (Lipinski definition) is 0. The van der Waals surface area contributed by atoms with Crippen molar-refractivity contribution in [3.8, 4) is 0 Å². The summed E-state index contributed by atoms with van der Waals surface area (Å²) < 4.78 is 0. The molecule has 2 heteroatoms. The predicted octanol–water partition coefficient (Wildman–Crippen LogP) is 12.0. The Balaban J connectivity index is 2.13. The van der Waals surface area contributed by atoms with Gasteiger partial charge < -0.3 is 9.80 Å². The van der Waals surface area contributed by atoms with E-state index in [-0.39, 0.29) is 0 Å². The van der Waals surface area contributed by atoms with Crippen LogP contribution in [-0.2, 0) is 0 Å². The van der Waals surface area contributed by atoms with Gasteiger partial charge in [0.05, 0.1) is 0 Å². The molecule has 0 saturated heterocycles. The van der Waals surface area contributed by atoms with E-state index in [1.165, 1.54) is 186 Å². The van der Waals surface area contributed by atoms with E-state index >= 15 is 0 Å². The molecule has 2 nitrogen and oxygen atoms in total. The zero-order valence-electron chi connectivity index (χ0n) is 26.1. The predicted molar refractivity (Wildman–Crippen MR) is 168 cm³/mol. The van der Waals surface area contributed by atoms with E-state index in [0.717, 1.165) is 0 Å². The summed E-state index contributed by atoms with van der Waals surface area (Å²) in [6.07, 6.45) is 44.0. The van der Waals surface area contributed by atoms with Gasteiger partial charge in [0.15, 0.2) is 0 Å². The molecule has 1 aliphatic heterocycles. The Kier molecular flexibility index (Phi) is 25.0. The number of nitrogens with zero attached hydrogens (tertiary/aromatic N) is 2. The van der Waals surface area contributed by atoms with Gasteiger partial charge in [-0.05, 0) is 25.7 Å². The van der Waals surface area contributed by atoms with Gasteiger partial charge >= 0.3 is 0 Å². The maximum atomic E-state index is 2.69. The van der Waals surface area contributed by atoms with Crippen LogP contribution >= 0.6 is 0 Å². The molecule has 0 aliphatic carbocycles. The first kappa shape index (κ1) is 34.4. The first-order valence-electron chi connectivity index (χ1n) is 17.5. The van der Waals surface area contributed by atoms with Gasteiger partial charge in [-0.2, -0.15) is 0 Å². The van der Waals surface area contributed by atoms with Crippen LogP contribution in [-0.4, -0.2) is 29.1 Å². The Labute approximate surface area is 235 Å². The van der Waals surface area contributed by atoms with Crippen molar-refractivity contribution in [1.29, 1.82) is 0 Å². The molecular weight excluding hydrogens is 448 g/mol. The van der Waals surface area contributed by atoms with Gasteiger partial charge in [0, 0.05) is 25.5 Å². The molecule has 0 fully saturated rings. The molecule has 0 saturated carbocycles. The molecule has 0 aromatic rings. The maximum absolute atomic E-state index is 2.69. The molecule has 0 spiro atoms. The van der Waals surface area contributed by atoms with Gasteiger partial charge in [0.1, 0.15) is 6.17 Å². The van der Waals surface area contributed by atoms with Gasteiger partial charge in [-0.25, -0.2) is 0 Å². The molecule has 0 aromatic heterocycles. The number of unbranched alkanes of at least 4 members (excludes halogenated alkanes) is 23. The lowest BCUT2D eigenvalue weighted by molar-refractivity contribution is 0.135. The van der Waals surface area contributed by atoms with E-state index in [9.17, 15) is 0 Å². The quantitative estimate of drug-likeness (QED) is 0.0908. The van der Waals surface area contributed by atoms with Gasteiger partial charge in [0.2, 0.25) is 0 Å². The zero-order chi connectivity index (χ0) is 26.7. The van der Waals surface area contributed by atoms with Crippen molar-refractivity contribution in [2.24, 2.45) is 0 Å². The van der Waals surface area contributed by atoms with Crippen molar-refractivity contribution in [2.75, 3.05) is 13.1 Å². The first-order chi connectivity index (χ1) is 18.3. The Bertz CT molecular complexity index is 474. The third kappa shape index (κ3) is 20.0. The lowest BCUT2D eigenvalue weighted by Gasteiger charge is -2.33. The summed E-state index contributed by atoms with van der Waals surface area (Å²) in [5, 5.41) is 0. The standard InChI is InChI=1S/C35H70N2/c1-4-7-10-13-15-17-18-19-20-22-24-26-29-32-37-34-33-36(35(37)30-27-12-9-6-3)31-28-25-23-21-16-14-11-8-5-2/h33-35H,4-32H2,1-3H3. The molecule has 37 heavy (non-hydrogen) atoms. The van der Waals surface area contributed by atoms with Gasteiger partial charge in [-0.3, -0.25) is 0 Å². The lowest BCUT2D eigenvalue weighted by Crippen LogP contribution is -2.39. The third-order valence-electron chi connectivity index (χ3n) is 8.57. The van der Waals surface area contributed by atoms with Gasteiger partial charge in [0.25, 0.3) is 0 Å². The summed E-state index contributed by atoms with van der Waals surface area (Å²) in [7, 11) is 0. The highest BCUT2D eigenvalue weighted by Crippen LogP contribution is 2.24. The summed E-state index contributed by atoms with van der Waals surface area (Å²) in [5.74, 6) is 0. The fraction of sp³-hybridized carbons (Fsp3) is 0.943. The van der Waals surface area contributed by atoms with Crippen LogP contribution in [0.15, 0.2) is 12.4 Å². The fourth-order valence-corrected chi connectivity index (χ4v) is 6.01. The Morgan fingerprint density at radius 1 is 0.351 bits per heavy atom. The second kappa shape index (κ2) is 26.9. The molecule has 0 aromatic carbocycles. The molecule has 0 N–H and O–H groups in total. The first-order valence-corrected chi connectivity index (χ1v) is 17.5. The summed E-state index contributed by atoms with van der Waals surface area (Å²) in [6.45, 7) is 9.47. The van der Waals surface area contributed by atoms with E-state index < -0.39 is 0 Å². The summed E-state index contributed by atoms with van der Waals surface area (Å²) >= 11 is 0. The molecular formula is C35H70N2. The third-order valence-corrected chi connectivity index (χ3v) is 8.57. The highest BCUT2D eigenvalue weighted by Gasteiger charge is 2.24. The van der Waals surface area contributed by atoms with E-state index in [0.29, 0.717) is 6.17 Å². The van der Waals surface area contributed by atoms with Crippen LogP contribution in [0.5, 0.6) is 0 Å². The fourth-order valence-electron chi connectivity index (χ4n) is 6.01. The minimum atomic E-state index is 0.642. The number of hydrogen-bond acceptors (Lipinski definition) is 2. The van der Waals surface area contributed by atoms with Crippen LogP contribution in [0.4, 0.5) is 0 Å². The molecule has 0 amide bonds. The average Bonchev–Trinajstić information content (AvgIpc) is 3.29.